The molecule has 25 heavy (non-hydrogen) atoms. The lowest BCUT2D eigenvalue weighted by molar-refractivity contribution is -0.121. The number of halogens is 2. The van der Waals surface area contributed by atoms with E-state index in [1.54, 1.807) is 12.4 Å². The van der Waals surface area contributed by atoms with Crippen LogP contribution in [0.25, 0.3) is 0 Å². The zero-order valence-electron chi connectivity index (χ0n) is 14.7. The van der Waals surface area contributed by atoms with E-state index in [1.807, 2.05) is 19.0 Å². The third-order valence-corrected chi connectivity index (χ3v) is 3.70. The minimum absolute atomic E-state index is 0. The summed E-state index contributed by atoms with van der Waals surface area (Å²) in [6.07, 6.45) is 5.87. The molecule has 0 radical (unpaired) electrons. The van der Waals surface area contributed by atoms with E-state index < -0.39 is 0 Å². The summed E-state index contributed by atoms with van der Waals surface area (Å²) in [7, 11) is 3.91. The summed E-state index contributed by atoms with van der Waals surface area (Å²) in [6, 6.07) is 0.271. The van der Waals surface area contributed by atoms with Crippen molar-refractivity contribution in [2.45, 2.75) is 31.8 Å². The van der Waals surface area contributed by atoms with Gasteiger partial charge in [-0.25, -0.2) is 0 Å². The fourth-order valence-corrected chi connectivity index (χ4v) is 2.50. The Kier molecular flexibility index (Phi) is 11.4. The number of rotatable bonds is 8. The molecule has 0 bridgehead atoms. The molecule has 1 unspecified atom stereocenters. The molecule has 10 heteroatoms. The van der Waals surface area contributed by atoms with Crippen LogP contribution in [-0.2, 0) is 16.1 Å². The van der Waals surface area contributed by atoms with Gasteiger partial charge in [-0.1, -0.05) is 0 Å². The molecule has 2 rings (SSSR count). The maximum absolute atomic E-state index is 11.9. The standard InChI is InChI=1S/C15H26N6O2.2ClH/c1-20(2)7-6-17-15(23)11-21-10-13(9-18-21)19-14(22)8-12-4-3-5-16-12;;/h9-10,12,16H,3-8,11H2,1-2H3,(H,17,23)(H,19,22);2*1H. The van der Waals surface area contributed by atoms with Crippen molar-refractivity contribution >= 4 is 42.3 Å². The van der Waals surface area contributed by atoms with E-state index in [4.69, 9.17) is 0 Å². The molecule has 0 aromatic carbocycles. The van der Waals surface area contributed by atoms with Crippen molar-refractivity contribution in [3.63, 3.8) is 0 Å². The van der Waals surface area contributed by atoms with Crippen LogP contribution in [-0.4, -0.2) is 66.3 Å². The second kappa shape index (κ2) is 12.1. The highest BCUT2D eigenvalue weighted by Crippen LogP contribution is 2.11. The second-order valence-electron chi connectivity index (χ2n) is 6.13. The molecule has 0 spiro atoms. The van der Waals surface area contributed by atoms with Crippen LogP contribution in [0, 0.1) is 0 Å². The number of anilines is 1. The van der Waals surface area contributed by atoms with Crippen molar-refractivity contribution in [3.05, 3.63) is 12.4 Å². The molecule has 8 nitrogen and oxygen atoms in total. The predicted molar refractivity (Wildman–Crippen MR) is 103 cm³/mol. The number of hydrogen-bond acceptors (Lipinski definition) is 5. The summed E-state index contributed by atoms with van der Waals surface area (Å²) < 4.78 is 1.52. The second-order valence-corrected chi connectivity index (χ2v) is 6.13. The van der Waals surface area contributed by atoms with Crippen LogP contribution in [0.15, 0.2) is 12.4 Å². The lowest BCUT2D eigenvalue weighted by atomic mass is 10.1. The summed E-state index contributed by atoms with van der Waals surface area (Å²) >= 11 is 0. The van der Waals surface area contributed by atoms with Crippen molar-refractivity contribution in [2.24, 2.45) is 0 Å². The summed E-state index contributed by atoms with van der Waals surface area (Å²) in [6.45, 7) is 2.53. The number of hydrogen-bond donors (Lipinski definition) is 3. The summed E-state index contributed by atoms with van der Waals surface area (Å²) in [5, 5.41) is 13.0. The Labute approximate surface area is 160 Å². The van der Waals surface area contributed by atoms with Gasteiger partial charge in [-0.05, 0) is 33.5 Å². The van der Waals surface area contributed by atoms with Crippen molar-refractivity contribution in [2.75, 3.05) is 39.0 Å². The van der Waals surface area contributed by atoms with Gasteiger partial charge in [0.05, 0.1) is 11.9 Å². The first kappa shape index (κ1) is 23.6. The minimum Gasteiger partial charge on any atom is -0.353 e. The van der Waals surface area contributed by atoms with Gasteiger partial charge in [-0.15, -0.1) is 24.8 Å². The fraction of sp³-hybridized carbons (Fsp3) is 0.667. The van der Waals surface area contributed by atoms with Gasteiger partial charge < -0.3 is 20.9 Å². The SMILES string of the molecule is CN(C)CCNC(=O)Cn1cc(NC(=O)CC2CCCN2)cn1.Cl.Cl. The Hall–Kier alpha value is -1.35. The molecule has 2 heterocycles. The van der Waals surface area contributed by atoms with Gasteiger partial charge in [-0.3, -0.25) is 14.3 Å². The largest absolute Gasteiger partial charge is 0.353 e. The van der Waals surface area contributed by atoms with E-state index in [2.05, 4.69) is 21.0 Å². The molecule has 1 aliphatic rings. The zero-order chi connectivity index (χ0) is 16.7. The molecule has 1 aromatic heterocycles. The number of carbonyl (C=O) groups excluding carboxylic acids is 2. The molecule has 1 saturated heterocycles. The number of nitrogens with zero attached hydrogens (tertiary/aromatic N) is 3. The molecule has 144 valence electrons. The lowest BCUT2D eigenvalue weighted by Crippen LogP contribution is -2.33. The highest BCUT2D eigenvalue weighted by molar-refractivity contribution is 5.90. The summed E-state index contributed by atoms with van der Waals surface area (Å²) in [5.41, 5.74) is 0.620. The first-order chi connectivity index (χ1) is 11.0. The summed E-state index contributed by atoms with van der Waals surface area (Å²) in [4.78, 5) is 25.7. The van der Waals surface area contributed by atoms with Gasteiger partial charge in [0.15, 0.2) is 0 Å². The Morgan fingerprint density at radius 3 is 2.76 bits per heavy atom. The number of carbonyl (C=O) groups is 2. The quantitative estimate of drug-likeness (QED) is 0.596. The van der Waals surface area contributed by atoms with Crippen LogP contribution in [0.4, 0.5) is 5.69 Å². The average Bonchev–Trinajstić information content (AvgIpc) is 3.10. The number of likely N-dealkylation sites (N-methyl/N-ethyl adjacent to an activating group) is 1. The smallest absolute Gasteiger partial charge is 0.241 e. The van der Waals surface area contributed by atoms with Crippen molar-refractivity contribution in [1.82, 2.24) is 25.3 Å². The molecular weight excluding hydrogens is 367 g/mol. The van der Waals surface area contributed by atoms with Crippen LogP contribution >= 0.6 is 24.8 Å². The predicted octanol–water partition coefficient (Wildman–Crippen LogP) is 0.485. The molecule has 0 aliphatic carbocycles. The molecule has 1 aromatic rings. The number of aromatic nitrogens is 2. The van der Waals surface area contributed by atoms with Gasteiger partial charge in [0, 0.05) is 31.7 Å². The molecule has 1 fully saturated rings. The third kappa shape index (κ3) is 9.06. The molecular formula is C15H28Cl2N6O2. The Morgan fingerprint density at radius 1 is 1.36 bits per heavy atom. The number of nitrogens with one attached hydrogen (secondary N) is 3. The van der Waals surface area contributed by atoms with E-state index in [0.717, 1.165) is 25.9 Å². The van der Waals surface area contributed by atoms with Crippen molar-refractivity contribution in [3.8, 4) is 0 Å². The number of amides is 2. The first-order valence-corrected chi connectivity index (χ1v) is 8.00. The Balaban J connectivity index is 0.00000288. The molecule has 1 atom stereocenters. The normalized spacial score (nSPS) is 16.0. The van der Waals surface area contributed by atoms with Crippen LogP contribution in [0.3, 0.4) is 0 Å². The van der Waals surface area contributed by atoms with Crippen molar-refractivity contribution < 1.29 is 9.59 Å². The van der Waals surface area contributed by atoms with E-state index in [0.29, 0.717) is 18.7 Å². The Morgan fingerprint density at radius 2 is 2.12 bits per heavy atom. The molecule has 1 aliphatic heterocycles. The van der Waals surface area contributed by atoms with Gasteiger partial charge in [0.1, 0.15) is 6.54 Å². The molecule has 2 amide bonds. The van der Waals surface area contributed by atoms with Crippen LogP contribution in [0.5, 0.6) is 0 Å². The van der Waals surface area contributed by atoms with Gasteiger partial charge in [-0.2, -0.15) is 5.10 Å². The first-order valence-electron chi connectivity index (χ1n) is 8.00. The highest BCUT2D eigenvalue weighted by atomic mass is 35.5. The topological polar surface area (TPSA) is 91.3 Å². The van der Waals surface area contributed by atoms with Gasteiger partial charge in [0.25, 0.3) is 0 Å². The van der Waals surface area contributed by atoms with Crippen molar-refractivity contribution in [1.29, 1.82) is 0 Å². The fourth-order valence-electron chi connectivity index (χ4n) is 2.50. The molecule has 3 N–H and O–H groups in total. The highest BCUT2D eigenvalue weighted by Gasteiger charge is 2.18. The third-order valence-electron chi connectivity index (χ3n) is 3.70. The Bertz CT molecular complexity index is 532. The van der Waals surface area contributed by atoms with E-state index >= 15 is 0 Å². The van der Waals surface area contributed by atoms with E-state index in [9.17, 15) is 9.59 Å². The average molecular weight is 395 g/mol. The minimum atomic E-state index is -0.0945. The van der Waals surface area contributed by atoms with Gasteiger partial charge in [0.2, 0.25) is 11.8 Å². The van der Waals surface area contributed by atoms with E-state index in [1.165, 1.54) is 4.68 Å². The van der Waals surface area contributed by atoms with Gasteiger partial charge >= 0.3 is 0 Å². The summed E-state index contributed by atoms with van der Waals surface area (Å²) in [5.74, 6) is -0.123. The maximum atomic E-state index is 11.9. The monoisotopic (exact) mass is 394 g/mol. The maximum Gasteiger partial charge on any atom is 0.241 e. The van der Waals surface area contributed by atoms with E-state index in [-0.39, 0.29) is 49.2 Å². The van der Waals surface area contributed by atoms with Crippen LogP contribution < -0.4 is 16.0 Å². The molecule has 0 saturated carbocycles. The zero-order valence-corrected chi connectivity index (χ0v) is 16.3. The van der Waals surface area contributed by atoms with Crippen LogP contribution in [0.1, 0.15) is 19.3 Å². The van der Waals surface area contributed by atoms with Crippen LogP contribution in [0.2, 0.25) is 0 Å². The lowest BCUT2D eigenvalue weighted by Gasteiger charge is -2.10.